The Morgan fingerprint density at radius 2 is 2.18 bits per heavy atom. The summed E-state index contributed by atoms with van der Waals surface area (Å²) in [7, 11) is 4.06. The molecule has 2 rings (SSSR count). The van der Waals surface area contributed by atoms with Gasteiger partial charge in [-0.1, -0.05) is 18.2 Å². The Kier molecular flexibility index (Phi) is 4.13. The van der Waals surface area contributed by atoms with Crippen LogP contribution in [0, 0.1) is 11.7 Å². The standard InChI is InChI=1S/C14H21FN2/c1-16-10-11-6-5-9-17(2)14(11)12-7-3-4-8-13(12)15/h3-4,7-8,11,14,16H,5-6,9-10H2,1-2H3. The monoisotopic (exact) mass is 236 g/mol. The van der Waals surface area contributed by atoms with Crippen molar-refractivity contribution in [1.82, 2.24) is 10.2 Å². The summed E-state index contributed by atoms with van der Waals surface area (Å²) in [5, 5.41) is 3.23. The Labute approximate surface area is 103 Å². The number of rotatable bonds is 3. The van der Waals surface area contributed by atoms with Crippen molar-refractivity contribution in [3.63, 3.8) is 0 Å². The Balaban J connectivity index is 2.28. The van der Waals surface area contributed by atoms with Crippen LogP contribution >= 0.6 is 0 Å². The van der Waals surface area contributed by atoms with Gasteiger partial charge in [-0.3, -0.25) is 4.90 Å². The van der Waals surface area contributed by atoms with Crippen LogP contribution in [0.5, 0.6) is 0 Å². The van der Waals surface area contributed by atoms with Crippen LogP contribution in [-0.2, 0) is 0 Å². The summed E-state index contributed by atoms with van der Waals surface area (Å²) in [4.78, 5) is 2.28. The molecule has 17 heavy (non-hydrogen) atoms. The van der Waals surface area contributed by atoms with Gasteiger partial charge in [0.15, 0.2) is 0 Å². The van der Waals surface area contributed by atoms with Crippen LogP contribution in [0.25, 0.3) is 0 Å². The number of nitrogens with one attached hydrogen (secondary N) is 1. The zero-order chi connectivity index (χ0) is 12.3. The molecule has 1 fully saturated rings. The van der Waals surface area contributed by atoms with E-state index in [1.807, 2.05) is 19.2 Å². The fourth-order valence-electron chi connectivity index (χ4n) is 2.94. The van der Waals surface area contributed by atoms with E-state index in [0.29, 0.717) is 5.92 Å². The zero-order valence-corrected chi connectivity index (χ0v) is 10.6. The number of likely N-dealkylation sites (tertiary alicyclic amines) is 1. The van der Waals surface area contributed by atoms with Gasteiger partial charge in [0.2, 0.25) is 0 Å². The predicted octanol–water partition coefficient (Wildman–Crippen LogP) is 2.43. The van der Waals surface area contributed by atoms with Crippen molar-refractivity contribution in [2.75, 3.05) is 27.2 Å². The Morgan fingerprint density at radius 1 is 1.41 bits per heavy atom. The number of hydrogen-bond acceptors (Lipinski definition) is 2. The number of hydrogen-bond donors (Lipinski definition) is 1. The lowest BCUT2D eigenvalue weighted by atomic mass is 9.84. The molecule has 1 aliphatic rings. The number of halogens is 1. The first-order valence-corrected chi connectivity index (χ1v) is 6.33. The van der Waals surface area contributed by atoms with Gasteiger partial charge in [-0.05, 0) is 52.0 Å². The Hall–Kier alpha value is -0.930. The molecule has 3 heteroatoms. The molecule has 0 bridgehead atoms. The average Bonchev–Trinajstić information content (AvgIpc) is 2.31. The molecule has 1 heterocycles. The zero-order valence-electron chi connectivity index (χ0n) is 10.6. The summed E-state index contributed by atoms with van der Waals surface area (Å²) >= 11 is 0. The maximum Gasteiger partial charge on any atom is 0.127 e. The van der Waals surface area contributed by atoms with Crippen LogP contribution in [0.3, 0.4) is 0 Å². The smallest absolute Gasteiger partial charge is 0.127 e. The predicted molar refractivity (Wildman–Crippen MR) is 68.4 cm³/mol. The third kappa shape index (κ3) is 2.67. The van der Waals surface area contributed by atoms with Crippen LogP contribution in [0.1, 0.15) is 24.4 Å². The van der Waals surface area contributed by atoms with Gasteiger partial charge in [0.05, 0.1) is 0 Å². The average molecular weight is 236 g/mol. The van der Waals surface area contributed by atoms with Gasteiger partial charge < -0.3 is 5.32 Å². The molecule has 2 atom stereocenters. The largest absolute Gasteiger partial charge is 0.319 e. The van der Waals surface area contributed by atoms with Gasteiger partial charge in [0.25, 0.3) is 0 Å². The minimum atomic E-state index is -0.0765. The van der Waals surface area contributed by atoms with Gasteiger partial charge in [-0.15, -0.1) is 0 Å². The number of benzene rings is 1. The normalized spacial score (nSPS) is 26.1. The Morgan fingerprint density at radius 3 is 2.88 bits per heavy atom. The highest BCUT2D eigenvalue weighted by atomic mass is 19.1. The van der Waals surface area contributed by atoms with Crippen LogP contribution in [0.2, 0.25) is 0 Å². The van der Waals surface area contributed by atoms with Crippen molar-refractivity contribution in [1.29, 1.82) is 0 Å². The van der Waals surface area contributed by atoms with Crippen molar-refractivity contribution in [3.05, 3.63) is 35.6 Å². The molecule has 0 spiro atoms. The first-order chi connectivity index (χ1) is 8.24. The van der Waals surface area contributed by atoms with E-state index in [4.69, 9.17) is 0 Å². The molecule has 94 valence electrons. The fourth-order valence-corrected chi connectivity index (χ4v) is 2.94. The summed E-state index contributed by atoms with van der Waals surface area (Å²) in [6, 6.07) is 7.38. The van der Waals surface area contributed by atoms with Crippen molar-refractivity contribution >= 4 is 0 Å². The van der Waals surface area contributed by atoms with E-state index in [2.05, 4.69) is 17.3 Å². The van der Waals surface area contributed by atoms with E-state index in [1.54, 1.807) is 12.1 Å². The molecule has 1 aromatic rings. The molecule has 1 aliphatic heterocycles. The van der Waals surface area contributed by atoms with E-state index < -0.39 is 0 Å². The Bertz CT molecular complexity index is 365. The highest BCUT2D eigenvalue weighted by molar-refractivity contribution is 5.22. The van der Waals surface area contributed by atoms with E-state index in [1.165, 1.54) is 12.8 Å². The van der Waals surface area contributed by atoms with Crippen LogP contribution in [-0.4, -0.2) is 32.1 Å². The first-order valence-electron chi connectivity index (χ1n) is 6.33. The van der Waals surface area contributed by atoms with E-state index >= 15 is 0 Å². The molecule has 0 amide bonds. The van der Waals surface area contributed by atoms with Crippen molar-refractivity contribution in [3.8, 4) is 0 Å². The molecule has 1 aromatic carbocycles. The van der Waals surface area contributed by atoms with Crippen LogP contribution in [0.4, 0.5) is 4.39 Å². The number of nitrogens with zero attached hydrogens (tertiary/aromatic N) is 1. The quantitative estimate of drug-likeness (QED) is 0.867. The van der Waals surface area contributed by atoms with Gasteiger partial charge in [0, 0.05) is 11.6 Å². The second-order valence-corrected chi connectivity index (χ2v) is 4.91. The van der Waals surface area contributed by atoms with Gasteiger partial charge in [0.1, 0.15) is 5.82 Å². The van der Waals surface area contributed by atoms with Crippen LogP contribution in [0.15, 0.2) is 24.3 Å². The molecule has 0 saturated carbocycles. The maximum absolute atomic E-state index is 13.9. The first kappa shape index (κ1) is 12.5. The second-order valence-electron chi connectivity index (χ2n) is 4.91. The molecule has 1 N–H and O–H groups in total. The highest BCUT2D eigenvalue weighted by Gasteiger charge is 2.31. The maximum atomic E-state index is 13.9. The third-order valence-electron chi connectivity index (χ3n) is 3.70. The SMILES string of the molecule is CNCC1CCCN(C)C1c1ccccc1F. The third-order valence-corrected chi connectivity index (χ3v) is 3.70. The summed E-state index contributed by atoms with van der Waals surface area (Å²) in [6.45, 7) is 2.00. The van der Waals surface area contributed by atoms with Crippen molar-refractivity contribution in [2.24, 2.45) is 5.92 Å². The minimum Gasteiger partial charge on any atom is -0.319 e. The number of piperidine rings is 1. The summed E-state index contributed by atoms with van der Waals surface area (Å²) in [6.07, 6.45) is 2.37. The molecule has 1 saturated heterocycles. The minimum absolute atomic E-state index is 0.0765. The molecule has 0 aromatic heterocycles. The molecule has 2 nitrogen and oxygen atoms in total. The van der Waals surface area contributed by atoms with E-state index in [-0.39, 0.29) is 11.9 Å². The summed E-state index contributed by atoms with van der Waals surface area (Å²) in [5.74, 6) is 0.419. The molecule has 0 aliphatic carbocycles. The second kappa shape index (κ2) is 5.61. The van der Waals surface area contributed by atoms with Gasteiger partial charge in [-0.25, -0.2) is 4.39 Å². The van der Waals surface area contributed by atoms with Crippen LogP contribution < -0.4 is 5.32 Å². The molecule has 0 radical (unpaired) electrons. The van der Waals surface area contributed by atoms with Gasteiger partial charge in [-0.2, -0.15) is 0 Å². The van der Waals surface area contributed by atoms with Crippen molar-refractivity contribution in [2.45, 2.75) is 18.9 Å². The lowest BCUT2D eigenvalue weighted by molar-refractivity contribution is 0.118. The lowest BCUT2D eigenvalue weighted by Gasteiger charge is -2.39. The van der Waals surface area contributed by atoms with E-state index in [0.717, 1.165) is 18.7 Å². The van der Waals surface area contributed by atoms with Crippen molar-refractivity contribution < 1.29 is 4.39 Å². The topological polar surface area (TPSA) is 15.3 Å². The lowest BCUT2D eigenvalue weighted by Crippen LogP contribution is -2.40. The van der Waals surface area contributed by atoms with Gasteiger partial charge >= 0.3 is 0 Å². The van der Waals surface area contributed by atoms with E-state index in [9.17, 15) is 4.39 Å². The molecule has 2 unspecified atom stereocenters. The highest BCUT2D eigenvalue weighted by Crippen LogP contribution is 2.35. The summed E-state index contributed by atoms with van der Waals surface area (Å²) < 4.78 is 13.9. The fraction of sp³-hybridized carbons (Fsp3) is 0.571. The summed E-state index contributed by atoms with van der Waals surface area (Å²) in [5.41, 5.74) is 0.843. The molecular formula is C14H21FN2. The molecular weight excluding hydrogens is 215 g/mol.